The molecule has 0 saturated heterocycles. The lowest BCUT2D eigenvalue weighted by Crippen LogP contribution is -2.12. The number of amides is 1. The Morgan fingerprint density at radius 1 is 1.19 bits per heavy atom. The smallest absolute Gasteiger partial charge is 0.387 e. The van der Waals surface area contributed by atoms with Crippen molar-refractivity contribution in [3.63, 3.8) is 0 Å². The predicted octanol–water partition coefficient (Wildman–Crippen LogP) is 2.98. The van der Waals surface area contributed by atoms with E-state index in [0.717, 1.165) is 0 Å². The summed E-state index contributed by atoms with van der Waals surface area (Å²) in [4.78, 5) is 16.0. The molecule has 0 aliphatic rings. The van der Waals surface area contributed by atoms with Gasteiger partial charge in [0, 0.05) is 18.9 Å². The van der Waals surface area contributed by atoms with Crippen LogP contribution in [0, 0.1) is 0 Å². The molecule has 2 rings (SSSR count). The summed E-state index contributed by atoms with van der Waals surface area (Å²) >= 11 is 0. The number of hydrogen-bond acceptors (Lipinski definition) is 4. The third-order valence-electron chi connectivity index (χ3n) is 2.62. The minimum atomic E-state index is -2.87. The highest BCUT2D eigenvalue weighted by atomic mass is 19.3. The van der Waals surface area contributed by atoms with Crippen molar-refractivity contribution >= 4 is 17.4 Å². The van der Waals surface area contributed by atoms with Gasteiger partial charge in [-0.15, -0.1) is 0 Å². The Hall–Kier alpha value is -2.70. The molecule has 0 spiro atoms. The second-order valence-electron chi connectivity index (χ2n) is 4.04. The number of anilines is 2. The van der Waals surface area contributed by atoms with Crippen LogP contribution in [0.3, 0.4) is 0 Å². The van der Waals surface area contributed by atoms with Gasteiger partial charge in [0.15, 0.2) is 0 Å². The highest BCUT2D eigenvalue weighted by Gasteiger charge is 2.08. The van der Waals surface area contributed by atoms with Gasteiger partial charge in [0.1, 0.15) is 11.6 Å². The van der Waals surface area contributed by atoms with E-state index in [2.05, 4.69) is 20.4 Å². The van der Waals surface area contributed by atoms with Crippen LogP contribution in [0.2, 0.25) is 0 Å². The Kier molecular flexibility index (Phi) is 4.65. The summed E-state index contributed by atoms with van der Waals surface area (Å²) in [5, 5.41) is 5.48. The van der Waals surface area contributed by atoms with Crippen LogP contribution in [0.1, 0.15) is 10.4 Å². The van der Waals surface area contributed by atoms with Crippen LogP contribution < -0.4 is 15.4 Å². The summed E-state index contributed by atoms with van der Waals surface area (Å²) in [5.74, 6) is 0.343. The molecule has 1 aromatic carbocycles. The average molecular weight is 293 g/mol. The van der Waals surface area contributed by atoms with Gasteiger partial charge in [-0.3, -0.25) is 4.79 Å². The van der Waals surface area contributed by atoms with E-state index in [0.29, 0.717) is 17.1 Å². The lowest BCUT2D eigenvalue weighted by Gasteiger charge is -2.08. The number of pyridine rings is 1. The number of halogens is 2. The number of aromatic nitrogens is 1. The van der Waals surface area contributed by atoms with Gasteiger partial charge in [-0.2, -0.15) is 8.78 Å². The molecule has 0 radical (unpaired) electrons. The Morgan fingerprint density at radius 3 is 2.43 bits per heavy atom. The highest BCUT2D eigenvalue weighted by Crippen LogP contribution is 2.18. The molecule has 2 aromatic rings. The Labute approximate surface area is 120 Å². The fourth-order valence-electron chi connectivity index (χ4n) is 1.60. The van der Waals surface area contributed by atoms with Crippen LogP contribution in [0.4, 0.5) is 20.3 Å². The van der Waals surface area contributed by atoms with Crippen molar-refractivity contribution in [2.45, 2.75) is 6.61 Å². The first-order valence-electron chi connectivity index (χ1n) is 6.08. The summed E-state index contributed by atoms with van der Waals surface area (Å²) in [7, 11) is 1.73. The Balaban J connectivity index is 2.01. The number of carbonyl (C=O) groups excluding carboxylic acids is 1. The molecule has 7 heteroatoms. The zero-order chi connectivity index (χ0) is 15.2. The number of hydrogen-bond donors (Lipinski definition) is 2. The van der Waals surface area contributed by atoms with Crippen molar-refractivity contribution in [3.05, 3.63) is 48.2 Å². The molecule has 1 heterocycles. The van der Waals surface area contributed by atoms with E-state index in [9.17, 15) is 13.6 Å². The van der Waals surface area contributed by atoms with E-state index in [1.165, 1.54) is 30.5 Å². The lowest BCUT2D eigenvalue weighted by molar-refractivity contribution is -0.0498. The summed E-state index contributed by atoms with van der Waals surface area (Å²) in [5.41, 5.74) is 0.862. The number of nitrogens with one attached hydrogen (secondary N) is 2. The molecule has 110 valence electrons. The molecule has 0 bridgehead atoms. The van der Waals surface area contributed by atoms with Crippen molar-refractivity contribution in [3.8, 4) is 5.75 Å². The third-order valence-corrected chi connectivity index (χ3v) is 2.62. The van der Waals surface area contributed by atoms with Crippen LogP contribution in [0.15, 0.2) is 42.6 Å². The minimum absolute atomic E-state index is 0.0306. The Bertz CT molecular complexity index is 601. The van der Waals surface area contributed by atoms with Gasteiger partial charge in [0.05, 0.1) is 5.56 Å². The first-order valence-corrected chi connectivity index (χ1v) is 6.08. The van der Waals surface area contributed by atoms with Gasteiger partial charge in [-0.25, -0.2) is 4.98 Å². The molecule has 21 heavy (non-hydrogen) atoms. The van der Waals surface area contributed by atoms with Crippen molar-refractivity contribution in [2.75, 3.05) is 17.7 Å². The van der Waals surface area contributed by atoms with E-state index in [-0.39, 0.29) is 11.7 Å². The number of benzene rings is 1. The molecular formula is C14H13F2N3O2. The molecule has 0 unspecified atom stereocenters. The van der Waals surface area contributed by atoms with Crippen molar-refractivity contribution < 1.29 is 18.3 Å². The van der Waals surface area contributed by atoms with Crippen molar-refractivity contribution in [1.29, 1.82) is 0 Å². The van der Waals surface area contributed by atoms with Gasteiger partial charge in [0.2, 0.25) is 0 Å². The van der Waals surface area contributed by atoms with Gasteiger partial charge < -0.3 is 15.4 Å². The first kappa shape index (κ1) is 14.7. The largest absolute Gasteiger partial charge is 0.435 e. The molecule has 0 aliphatic carbocycles. The normalized spacial score (nSPS) is 10.3. The number of alkyl halides is 2. The van der Waals surface area contributed by atoms with E-state index in [1.807, 2.05) is 0 Å². The number of nitrogens with zero attached hydrogens (tertiary/aromatic N) is 1. The fourth-order valence-corrected chi connectivity index (χ4v) is 1.60. The van der Waals surface area contributed by atoms with Gasteiger partial charge in [-0.1, -0.05) is 0 Å². The van der Waals surface area contributed by atoms with Crippen LogP contribution in [0.25, 0.3) is 0 Å². The summed E-state index contributed by atoms with van der Waals surface area (Å²) < 4.78 is 28.2. The molecule has 0 fully saturated rings. The third kappa shape index (κ3) is 4.13. The van der Waals surface area contributed by atoms with Crippen LogP contribution >= 0.6 is 0 Å². The highest BCUT2D eigenvalue weighted by molar-refractivity contribution is 6.04. The summed E-state index contributed by atoms with van der Waals surface area (Å²) in [6, 6.07) is 8.96. The molecular weight excluding hydrogens is 280 g/mol. The van der Waals surface area contributed by atoms with Crippen molar-refractivity contribution in [2.24, 2.45) is 0 Å². The van der Waals surface area contributed by atoms with Crippen molar-refractivity contribution in [1.82, 2.24) is 4.98 Å². The monoisotopic (exact) mass is 293 g/mol. The SMILES string of the molecule is CNc1ccc(C(=O)Nc2ccc(OC(F)F)cc2)cn1. The van der Waals surface area contributed by atoms with Gasteiger partial charge in [-0.05, 0) is 36.4 Å². The number of carbonyl (C=O) groups is 1. The Morgan fingerprint density at radius 2 is 1.90 bits per heavy atom. The summed E-state index contributed by atoms with van der Waals surface area (Å²) in [6.07, 6.45) is 1.44. The van der Waals surface area contributed by atoms with E-state index >= 15 is 0 Å². The molecule has 0 saturated carbocycles. The van der Waals surface area contributed by atoms with E-state index in [1.54, 1.807) is 19.2 Å². The van der Waals surface area contributed by atoms with Crippen LogP contribution in [-0.4, -0.2) is 24.6 Å². The lowest BCUT2D eigenvalue weighted by atomic mass is 10.2. The second-order valence-corrected chi connectivity index (χ2v) is 4.04. The maximum atomic E-state index is 12.0. The van der Waals surface area contributed by atoms with E-state index in [4.69, 9.17) is 0 Å². The fraction of sp³-hybridized carbons (Fsp3) is 0.143. The molecule has 0 atom stereocenters. The summed E-state index contributed by atoms with van der Waals surface area (Å²) in [6.45, 7) is -2.87. The maximum Gasteiger partial charge on any atom is 0.387 e. The van der Waals surface area contributed by atoms with E-state index < -0.39 is 6.61 Å². The van der Waals surface area contributed by atoms with Crippen LogP contribution in [0.5, 0.6) is 5.75 Å². The second kappa shape index (κ2) is 6.65. The molecule has 1 amide bonds. The molecule has 5 nitrogen and oxygen atoms in total. The average Bonchev–Trinajstić information content (AvgIpc) is 2.49. The molecule has 1 aromatic heterocycles. The topological polar surface area (TPSA) is 63.2 Å². The zero-order valence-corrected chi connectivity index (χ0v) is 11.1. The predicted molar refractivity (Wildman–Crippen MR) is 74.8 cm³/mol. The molecule has 2 N–H and O–H groups in total. The van der Waals surface area contributed by atoms with Gasteiger partial charge in [0.25, 0.3) is 5.91 Å². The zero-order valence-electron chi connectivity index (χ0n) is 11.1. The standard InChI is InChI=1S/C14H13F2N3O2/c1-17-12-7-2-9(8-18-12)13(20)19-10-3-5-11(6-4-10)21-14(15)16/h2-8,14H,1H3,(H,17,18)(H,19,20). The minimum Gasteiger partial charge on any atom is -0.435 e. The first-order chi connectivity index (χ1) is 10.1. The number of ether oxygens (including phenoxy) is 1. The quantitative estimate of drug-likeness (QED) is 0.889. The number of rotatable bonds is 5. The van der Waals surface area contributed by atoms with Gasteiger partial charge >= 0.3 is 6.61 Å². The maximum absolute atomic E-state index is 12.0. The van der Waals surface area contributed by atoms with Crippen LogP contribution in [-0.2, 0) is 0 Å². The molecule has 0 aliphatic heterocycles.